The normalized spacial score (nSPS) is 10.8. The van der Waals surface area contributed by atoms with Gasteiger partial charge in [0, 0.05) is 11.6 Å². The van der Waals surface area contributed by atoms with Crippen LogP contribution in [0.5, 0.6) is 11.5 Å². The molecule has 8 heteroatoms. The quantitative estimate of drug-likeness (QED) is 0.356. The first-order valence-electron chi connectivity index (χ1n) is 9.81. The summed E-state index contributed by atoms with van der Waals surface area (Å²) in [5.41, 5.74) is 3.94. The molecular formula is C23H22N4O3S. The number of ether oxygens (including phenoxy) is 2. The van der Waals surface area contributed by atoms with E-state index in [1.54, 1.807) is 20.3 Å². The van der Waals surface area contributed by atoms with Gasteiger partial charge < -0.3 is 14.0 Å². The van der Waals surface area contributed by atoms with E-state index in [0.717, 1.165) is 28.3 Å². The molecule has 0 unspecified atom stereocenters. The number of methoxy groups -OCH3 is 2. The highest BCUT2D eigenvalue weighted by Crippen LogP contribution is 2.32. The van der Waals surface area contributed by atoms with Gasteiger partial charge in [0.2, 0.25) is 11.7 Å². The molecule has 0 aliphatic rings. The Balaban J connectivity index is 1.42. The molecule has 0 radical (unpaired) electrons. The maximum absolute atomic E-state index is 5.42. The SMILES string of the molecule is CCc1ccc(-c2ccc(SCc3nc(-c4ccc(OC)cc4OC)no3)nn2)cc1. The summed E-state index contributed by atoms with van der Waals surface area (Å²) in [5, 5.41) is 13.5. The standard InChI is InChI=1S/C23H22N4O3S/c1-4-15-5-7-16(8-6-15)19-11-12-22(26-25-19)31-14-21-24-23(27-30-21)18-10-9-17(28-2)13-20(18)29-3/h5-13H,4,14H2,1-3H3. The molecule has 0 aliphatic carbocycles. The Bertz CT molecular complexity index is 1140. The third-order valence-electron chi connectivity index (χ3n) is 4.76. The smallest absolute Gasteiger partial charge is 0.237 e. The summed E-state index contributed by atoms with van der Waals surface area (Å²) in [7, 11) is 3.20. The molecule has 0 atom stereocenters. The molecule has 0 bridgehead atoms. The Morgan fingerprint density at radius 3 is 2.45 bits per heavy atom. The van der Waals surface area contributed by atoms with E-state index in [2.05, 4.69) is 51.5 Å². The number of thioether (sulfide) groups is 1. The van der Waals surface area contributed by atoms with Crippen LogP contribution in [0, 0.1) is 0 Å². The van der Waals surface area contributed by atoms with Gasteiger partial charge in [0.1, 0.15) is 16.5 Å². The molecule has 4 rings (SSSR count). The molecule has 7 nitrogen and oxygen atoms in total. The first-order chi connectivity index (χ1) is 15.2. The van der Waals surface area contributed by atoms with Crippen molar-refractivity contribution in [1.29, 1.82) is 0 Å². The highest BCUT2D eigenvalue weighted by atomic mass is 32.2. The van der Waals surface area contributed by atoms with Crippen molar-refractivity contribution in [2.24, 2.45) is 0 Å². The fourth-order valence-corrected chi connectivity index (χ4v) is 3.66. The van der Waals surface area contributed by atoms with Crippen molar-refractivity contribution in [2.45, 2.75) is 24.1 Å². The Labute approximate surface area is 184 Å². The minimum absolute atomic E-state index is 0.465. The molecule has 0 spiro atoms. The Morgan fingerprint density at radius 2 is 1.77 bits per heavy atom. The van der Waals surface area contributed by atoms with Crippen LogP contribution in [0.25, 0.3) is 22.6 Å². The van der Waals surface area contributed by atoms with E-state index >= 15 is 0 Å². The van der Waals surface area contributed by atoms with Crippen LogP contribution in [0.4, 0.5) is 0 Å². The summed E-state index contributed by atoms with van der Waals surface area (Å²) in [6.45, 7) is 2.14. The zero-order chi connectivity index (χ0) is 21.6. The highest BCUT2D eigenvalue weighted by Gasteiger charge is 2.15. The zero-order valence-corrected chi connectivity index (χ0v) is 18.3. The fraction of sp³-hybridized carbons (Fsp3) is 0.217. The number of hydrogen-bond acceptors (Lipinski definition) is 8. The molecular weight excluding hydrogens is 412 g/mol. The van der Waals surface area contributed by atoms with Crippen molar-refractivity contribution in [2.75, 3.05) is 14.2 Å². The Hall–Kier alpha value is -3.39. The first kappa shape index (κ1) is 20.9. The van der Waals surface area contributed by atoms with Crippen LogP contribution in [0.2, 0.25) is 0 Å². The van der Waals surface area contributed by atoms with Crippen molar-refractivity contribution in [3.05, 3.63) is 66.1 Å². The number of aromatic nitrogens is 4. The molecule has 2 heterocycles. The molecule has 0 saturated heterocycles. The lowest BCUT2D eigenvalue weighted by Gasteiger charge is -2.07. The summed E-state index contributed by atoms with van der Waals surface area (Å²) in [6, 6.07) is 17.8. The lowest BCUT2D eigenvalue weighted by molar-refractivity contribution is 0.388. The summed E-state index contributed by atoms with van der Waals surface area (Å²) < 4.78 is 16.0. The van der Waals surface area contributed by atoms with E-state index in [9.17, 15) is 0 Å². The van der Waals surface area contributed by atoms with Crippen LogP contribution in [0.15, 0.2) is 64.1 Å². The number of hydrogen-bond donors (Lipinski definition) is 0. The van der Waals surface area contributed by atoms with E-state index in [4.69, 9.17) is 14.0 Å². The molecule has 31 heavy (non-hydrogen) atoms. The van der Waals surface area contributed by atoms with E-state index in [1.807, 2.05) is 24.3 Å². The average molecular weight is 435 g/mol. The Kier molecular flexibility index (Phi) is 6.47. The van der Waals surface area contributed by atoms with Gasteiger partial charge in [-0.15, -0.1) is 10.2 Å². The molecule has 4 aromatic rings. The summed E-state index contributed by atoms with van der Waals surface area (Å²) >= 11 is 1.49. The molecule has 2 aromatic carbocycles. The second-order valence-corrected chi connectivity index (χ2v) is 7.67. The first-order valence-corrected chi connectivity index (χ1v) is 10.8. The van der Waals surface area contributed by atoms with Crippen LogP contribution < -0.4 is 9.47 Å². The van der Waals surface area contributed by atoms with Crippen molar-refractivity contribution in [3.63, 3.8) is 0 Å². The van der Waals surface area contributed by atoms with Gasteiger partial charge in [0.15, 0.2) is 0 Å². The van der Waals surface area contributed by atoms with E-state index < -0.39 is 0 Å². The van der Waals surface area contributed by atoms with Crippen LogP contribution >= 0.6 is 11.8 Å². The lowest BCUT2D eigenvalue weighted by Crippen LogP contribution is -1.92. The van der Waals surface area contributed by atoms with E-state index in [-0.39, 0.29) is 0 Å². The highest BCUT2D eigenvalue weighted by molar-refractivity contribution is 7.98. The molecule has 0 N–H and O–H groups in total. The third-order valence-corrected chi connectivity index (χ3v) is 5.66. The van der Waals surface area contributed by atoms with Crippen LogP contribution in [0.3, 0.4) is 0 Å². The van der Waals surface area contributed by atoms with E-state index in [1.165, 1.54) is 17.3 Å². The summed E-state index contributed by atoms with van der Waals surface area (Å²) in [5.74, 6) is 2.77. The molecule has 158 valence electrons. The molecule has 0 fully saturated rings. The van der Waals surface area contributed by atoms with Crippen molar-refractivity contribution < 1.29 is 14.0 Å². The predicted molar refractivity (Wildman–Crippen MR) is 119 cm³/mol. The average Bonchev–Trinajstić information content (AvgIpc) is 3.31. The molecule has 0 aliphatic heterocycles. The zero-order valence-electron chi connectivity index (χ0n) is 17.5. The van der Waals surface area contributed by atoms with Crippen molar-refractivity contribution in [3.8, 4) is 34.1 Å². The van der Waals surface area contributed by atoms with Crippen molar-refractivity contribution in [1.82, 2.24) is 20.3 Å². The van der Waals surface area contributed by atoms with Gasteiger partial charge in [-0.2, -0.15) is 4.98 Å². The number of rotatable bonds is 8. The van der Waals surface area contributed by atoms with Gasteiger partial charge in [-0.05, 0) is 36.2 Å². The summed E-state index contributed by atoms with van der Waals surface area (Å²) in [6.07, 6.45) is 1.02. The van der Waals surface area contributed by atoms with Crippen molar-refractivity contribution >= 4 is 11.8 Å². The second kappa shape index (κ2) is 9.61. The van der Waals surface area contributed by atoms with Gasteiger partial charge in [-0.25, -0.2) is 0 Å². The predicted octanol–water partition coefficient (Wildman–Crippen LogP) is 5.07. The second-order valence-electron chi connectivity index (χ2n) is 6.67. The summed E-state index contributed by atoms with van der Waals surface area (Å²) in [4.78, 5) is 4.47. The van der Waals surface area contributed by atoms with Gasteiger partial charge in [0.05, 0.1) is 31.2 Å². The van der Waals surface area contributed by atoms with Gasteiger partial charge in [-0.3, -0.25) is 0 Å². The Morgan fingerprint density at radius 1 is 0.935 bits per heavy atom. The van der Waals surface area contributed by atoms with E-state index in [0.29, 0.717) is 29.0 Å². The third kappa shape index (κ3) is 4.86. The fourth-order valence-electron chi connectivity index (χ4n) is 3.00. The van der Waals surface area contributed by atoms with Crippen LogP contribution in [0.1, 0.15) is 18.4 Å². The number of aryl methyl sites for hydroxylation is 1. The minimum Gasteiger partial charge on any atom is -0.497 e. The number of benzene rings is 2. The maximum atomic E-state index is 5.42. The molecule has 2 aromatic heterocycles. The lowest BCUT2D eigenvalue weighted by atomic mass is 10.1. The molecule has 0 amide bonds. The topological polar surface area (TPSA) is 83.2 Å². The molecule has 0 saturated carbocycles. The van der Waals surface area contributed by atoms with Crippen LogP contribution in [-0.2, 0) is 12.2 Å². The van der Waals surface area contributed by atoms with Gasteiger partial charge in [0.25, 0.3) is 0 Å². The monoisotopic (exact) mass is 434 g/mol. The maximum Gasteiger partial charge on any atom is 0.237 e. The minimum atomic E-state index is 0.465. The largest absolute Gasteiger partial charge is 0.497 e. The van der Waals surface area contributed by atoms with Gasteiger partial charge in [-0.1, -0.05) is 48.1 Å². The van der Waals surface area contributed by atoms with Crippen LogP contribution in [-0.4, -0.2) is 34.6 Å². The number of nitrogens with zero attached hydrogens (tertiary/aromatic N) is 4. The van der Waals surface area contributed by atoms with Gasteiger partial charge >= 0.3 is 0 Å².